The van der Waals surface area contributed by atoms with E-state index in [1.54, 1.807) is 0 Å². The van der Waals surface area contributed by atoms with Crippen LogP contribution in [0.3, 0.4) is 0 Å². The summed E-state index contributed by atoms with van der Waals surface area (Å²) in [5.41, 5.74) is 0. The number of carbonyl (C=O) groups is 1. The Bertz CT molecular complexity index is 1270. The van der Waals surface area contributed by atoms with Crippen molar-refractivity contribution < 1.29 is 39.8 Å². The predicted octanol–water partition coefficient (Wildman–Crippen LogP) is 10.5. The van der Waals surface area contributed by atoms with Crippen molar-refractivity contribution in [3.8, 4) is 0 Å². The molecule has 6 N–H and O–H groups in total. The predicted molar refractivity (Wildman–Crippen MR) is 253 cm³/mol. The summed E-state index contributed by atoms with van der Waals surface area (Å²) in [6.45, 7) is 3.59. The Balaban J connectivity index is 2.12. The SMILES string of the molecule is CC/C=C\C/C=C\C/C=C\C/C=C\C/C=C\C/C=C\C/C=C\C/C=C\CCCCCCCCCCC(=O)NC(COC1OC(CO)C(O)C(O)C1O)C(O)CCCCCCC. The number of aliphatic hydroxyl groups excluding tert-OH is 5. The van der Waals surface area contributed by atoms with E-state index in [9.17, 15) is 30.3 Å². The molecule has 1 fully saturated rings. The smallest absolute Gasteiger partial charge is 0.220 e. The number of hydrogen-bond acceptors (Lipinski definition) is 8. The van der Waals surface area contributed by atoms with Gasteiger partial charge in [-0.3, -0.25) is 4.79 Å². The highest BCUT2D eigenvalue weighted by molar-refractivity contribution is 5.76. The maximum Gasteiger partial charge on any atom is 0.220 e. The topological polar surface area (TPSA) is 149 Å². The molecule has 0 spiro atoms. The molecule has 0 radical (unpaired) electrons. The molecule has 1 heterocycles. The highest BCUT2D eigenvalue weighted by Gasteiger charge is 2.44. The van der Waals surface area contributed by atoms with E-state index < -0.39 is 49.5 Å². The normalized spacial score (nSPS) is 21.3. The second kappa shape index (κ2) is 41.1. The number of aliphatic hydroxyl groups is 5. The van der Waals surface area contributed by atoms with Crippen LogP contribution in [0.1, 0.15) is 168 Å². The molecule has 1 rings (SSSR count). The standard InChI is InChI=1S/C52H87NO8/c1-3-5-7-9-10-11-12-13-14-15-16-17-18-19-20-21-22-23-24-25-26-27-28-29-30-31-32-33-34-35-36-38-40-42-48(56)53-45(46(55)41-39-37-8-6-4-2)44-60-52-51(59)50(58)49(57)47(43-54)61-52/h5,7,10-11,13-14,16-17,19-20,22-23,25-26,28-29,45-47,49-52,54-55,57-59H,3-4,6,8-9,12,15,18,21,24,27,30-44H2,1-2H3,(H,53,56)/b7-5-,11-10-,14-13-,17-16-,20-19-,23-22-,26-25-,29-28-. The fourth-order valence-electron chi connectivity index (χ4n) is 6.88. The van der Waals surface area contributed by atoms with E-state index in [4.69, 9.17) is 9.47 Å². The van der Waals surface area contributed by atoms with Crippen molar-refractivity contribution in [2.24, 2.45) is 0 Å². The van der Waals surface area contributed by atoms with Crippen LogP contribution in [0.5, 0.6) is 0 Å². The Morgan fingerprint density at radius 3 is 1.51 bits per heavy atom. The highest BCUT2D eigenvalue weighted by Crippen LogP contribution is 2.23. The Labute approximate surface area is 371 Å². The zero-order valence-corrected chi connectivity index (χ0v) is 38.1. The lowest BCUT2D eigenvalue weighted by Gasteiger charge is -2.40. The molecule has 9 heteroatoms. The summed E-state index contributed by atoms with van der Waals surface area (Å²) in [7, 11) is 0. The lowest BCUT2D eigenvalue weighted by molar-refractivity contribution is -0.302. The van der Waals surface area contributed by atoms with E-state index in [-0.39, 0.29) is 12.5 Å². The summed E-state index contributed by atoms with van der Waals surface area (Å²) in [5, 5.41) is 53.9. The van der Waals surface area contributed by atoms with Crippen LogP contribution < -0.4 is 5.32 Å². The van der Waals surface area contributed by atoms with Gasteiger partial charge in [0.25, 0.3) is 0 Å². The number of unbranched alkanes of at least 4 members (excludes halogenated alkanes) is 12. The monoisotopic (exact) mass is 854 g/mol. The van der Waals surface area contributed by atoms with E-state index in [0.717, 1.165) is 116 Å². The summed E-state index contributed by atoms with van der Waals surface area (Å²) < 4.78 is 11.2. The Hall–Kier alpha value is -2.89. The summed E-state index contributed by atoms with van der Waals surface area (Å²) in [4.78, 5) is 12.9. The molecule has 0 bridgehead atoms. The van der Waals surface area contributed by atoms with Crippen LogP contribution in [0.4, 0.5) is 0 Å². The number of carbonyl (C=O) groups excluding carboxylic acids is 1. The third-order valence-corrected chi connectivity index (χ3v) is 10.7. The lowest BCUT2D eigenvalue weighted by Crippen LogP contribution is -2.60. The molecule has 61 heavy (non-hydrogen) atoms. The largest absolute Gasteiger partial charge is 0.394 e. The molecule has 7 unspecified atom stereocenters. The van der Waals surface area contributed by atoms with Gasteiger partial charge in [-0.25, -0.2) is 0 Å². The molecule has 0 aromatic heterocycles. The average Bonchev–Trinajstić information content (AvgIpc) is 3.26. The Kier molecular flexibility index (Phi) is 37.9. The highest BCUT2D eigenvalue weighted by atomic mass is 16.7. The quantitative estimate of drug-likeness (QED) is 0.0266. The van der Waals surface area contributed by atoms with Gasteiger partial charge in [0.1, 0.15) is 24.4 Å². The molecule has 1 aliphatic heterocycles. The number of amides is 1. The molecule has 1 aliphatic rings. The van der Waals surface area contributed by atoms with Crippen molar-refractivity contribution in [1.82, 2.24) is 5.32 Å². The molecule has 7 atom stereocenters. The van der Waals surface area contributed by atoms with E-state index in [0.29, 0.717) is 12.8 Å². The van der Waals surface area contributed by atoms with Gasteiger partial charge in [-0.1, -0.05) is 182 Å². The van der Waals surface area contributed by atoms with Crippen LogP contribution >= 0.6 is 0 Å². The number of hydrogen-bond donors (Lipinski definition) is 6. The second-order valence-electron chi connectivity index (χ2n) is 16.2. The first kappa shape index (κ1) is 56.1. The van der Waals surface area contributed by atoms with Gasteiger partial charge in [0.15, 0.2) is 6.29 Å². The first-order valence-corrected chi connectivity index (χ1v) is 23.9. The Morgan fingerprint density at radius 1 is 0.574 bits per heavy atom. The molecular formula is C52H87NO8. The van der Waals surface area contributed by atoms with E-state index in [1.807, 2.05) is 0 Å². The third-order valence-electron chi connectivity index (χ3n) is 10.7. The summed E-state index contributed by atoms with van der Waals surface area (Å²) in [6, 6.07) is -0.726. The maximum absolute atomic E-state index is 12.9. The minimum Gasteiger partial charge on any atom is -0.394 e. The second-order valence-corrected chi connectivity index (χ2v) is 16.2. The molecule has 1 amide bonds. The van der Waals surface area contributed by atoms with Gasteiger partial charge in [-0.2, -0.15) is 0 Å². The van der Waals surface area contributed by atoms with Crippen LogP contribution in [0.2, 0.25) is 0 Å². The van der Waals surface area contributed by atoms with Gasteiger partial charge in [0.2, 0.25) is 5.91 Å². The van der Waals surface area contributed by atoms with Gasteiger partial charge in [0.05, 0.1) is 25.4 Å². The number of nitrogens with one attached hydrogen (secondary N) is 1. The van der Waals surface area contributed by atoms with Crippen LogP contribution in [-0.2, 0) is 14.3 Å². The number of ether oxygens (including phenoxy) is 2. The molecule has 0 saturated carbocycles. The summed E-state index contributed by atoms with van der Waals surface area (Å²) in [6.07, 6.45) is 51.9. The van der Waals surface area contributed by atoms with Crippen molar-refractivity contribution in [2.75, 3.05) is 13.2 Å². The van der Waals surface area contributed by atoms with Crippen LogP contribution in [-0.4, -0.2) is 87.5 Å². The number of rotatable bonds is 38. The molecule has 348 valence electrons. The average molecular weight is 854 g/mol. The van der Waals surface area contributed by atoms with E-state index in [2.05, 4.69) is 116 Å². The molecule has 0 aromatic carbocycles. The van der Waals surface area contributed by atoms with Gasteiger partial charge in [-0.15, -0.1) is 0 Å². The van der Waals surface area contributed by atoms with Crippen LogP contribution in [0.25, 0.3) is 0 Å². The minimum atomic E-state index is -1.56. The van der Waals surface area contributed by atoms with Crippen molar-refractivity contribution in [3.05, 3.63) is 97.2 Å². The van der Waals surface area contributed by atoms with Crippen molar-refractivity contribution in [3.63, 3.8) is 0 Å². The molecule has 0 aromatic rings. The van der Waals surface area contributed by atoms with Gasteiger partial charge >= 0.3 is 0 Å². The maximum atomic E-state index is 12.9. The van der Waals surface area contributed by atoms with Crippen molar-refractivity contribution >= 4 is 5.91 Å². The summed E-state index contributed by atoms with van der Waals surface area (Å²) >= 11 is 0. The van der Waals surface area contributed by atoms with Gasteiger partial charge < -0.3 is 40.3 Å². The molecule has 1 saturated heterocycles. The first-order chi connectivity index (χ1) is 29.8. The molecule has 9 nitrogen and oxygen atoms in total. The van der Waals surface area contributed by atoms with Crippen LogP contribution in [0.15, 0.2) is 97.2 Å². The fourth-order valence-corrected chi connectivity index (χ4v) is 6.88. The first-order valence-electron chi connectivity index (χ1n) is 23.9. The van der Waals surface area contributed by atoms with Crippen LogP contribution in [0, 0.1) is 0 Å². The fraction of sp³-hybridized carbons (Fsp3) is 0.673. The molecular weight excluding hydrogens is 767 g/mol. The third kappa shape index (κ3) is 31.6. The van der Waals surface area contributed by atoms with Gasteiger partial charge in [0, 0.05) is 6.42 Å². The molecule has 0 aliphatic carbocycles. The lowest BCUT2D eigenvalue weighted by atomic mass is 9.99. The Morgan fingerprint density at radius 2 is 1.02 bits per heavy atom. The van der Waals surface area contributed by atoms with Gasteiger partial charge in [-0.05, 0) is 77.0 Å². The number of allylic oxidation sites excluding steroid dienone is 16. The zero-order chi connectivity index (χ0) is 44.4. The van der Waals surface area contributed by atoms with E-state index in [1.165, 1.54) is 25.7 Å². The van der Waals surface area contributed by atoms with E-state index >= 15 is 0 Å². The summed E-state index contributed by atoms with van der Waals surface area (Å²) in [5.74, 6) is -0.166. The van der Waals surface area contributed by atoms with Crippen molar-refractivity contribution in [1.29, 1.82) is 0 Å². The zero-order valence-electron chi connectivity index (χ0n) is 38.1. The minimum absolute atomic E-state index is 0.150. The van der Waals surface area contributed by atoms with Crippen molar-refractivity contribution in [2.45, 2.75) is 211 Å².